The topological polar surface area (TPSA) is 35.6 Å². The van der Waals surface area contributed by atoms with Crippen molar-refractivity contribution in [3.05, 3.63) is 29.3 Å². The lowest BCUT2D eigenvalue weighted by Crippen LogP contribution is -2.47. The Morgan fingerprint density at radius 1 is 1.07 bits per heavy atom. The lowest BCUT2D eigenvalue weighted by Gasteiger charge is -2.36. The van der Waals surface area contributed by atoms with Gasteiger partial charge < -0.3 is 10.2 Å². The second-order valence-corrected chi connectivity index (χ2v) is 9.44. The molecule has 28 heavy (non-hydrogen) atoms. The molecule has 2 atom stereocenters. The van der Waals surface area contributed by atoms with E-state index in [1.54, 1.807) is 0 Å². The summed E-state index contributed by atoms with van der Waals surface area (Å²) in [6, 6.07) is 8.57. The number of rotatable bonds is 6. The van der Waals surface area contributed by atoms with Crippen LogP contribution in [0.25, 0.3) is 0 Å². The Balaban J connectivity index is 1.16. The number of hydrogen-bond acceptors (Lipinski definition) is 3. The van der Waals surface area contributed by atoms with Gasteiger partial charge in [0, 0.05) is 55.4 Å². The van der Waals surface area contributed by atoms with E-state index in [2.05, 4.69) is 34.2 Å². The van der Waals surface area contributed by atoms with Crippen LogP contribution in [0.1, 0.15) is 45.4 Å². The van der Waals surface area contributed by atoms with E-state index in [0.717, 1.165) is 50.1 Å². The Morgan fingerprint density at radius 3 is 2.39 bits per heavy atom. The summed E-state index contributed by atoms with van der Waals surface area (Å²) in [6.45, 7) is 7.61. The van der Waals surface area contributed by atoms with Crippen LogP contribution in [0.5, 0.6) is 0 Å². The first kappa shape index (κ1) is 20.0. The molecule has 0 aromatic heterocycles. The molecule has 3 fully saturated rings. The van der Waals surface area contributed by atoms with Crippen molar-refractivity contribution >= 4 is 23.2 Å². The fourth-order valence-corrected chi connectivity index (χ4v) is 5.09. The minimum absolute atomic E-state index is 0.262. The molecule has 4 nitrogen and oxygen atoms in total. The minimum Gasteiger partial charge on any atom is -0.369 e. The molecule has 154 valence electrons. The SMILES string of the molecule is CCC1CCC(NC(=O)[C@@H]2C[C@H]2CN2CCN(c3ccc(Cl)cc3)CC2)CC1. The van der Waals surface area contributed by atoms with E-state index >= 15 is 0 Å². The van der Waals surface area contributed by atoms with E-state index in [0.29, 0.717) is 17.9 Å². The fourth-order valence-electron chi connectivity index (χ4n) is 4.97. The van der Waals surface area contributed by atoms with Crippen molar-refractivity contribution < 1.29 is 4.79 Å². The maximum atomic E-state index is 12.6. The van der Waals surface area contributed by atoms with Gasteiger partial charge in [0.25, 0.3) is 0 Å². The summed E-state index contributed by atoms with van der Waals surface area (Å²) in [7, 11) is 0. The van der Waals surface area contributed by atoms with E-state index < -0.39 is 0 Å². The molecule has 2 saturated carbocycles. The van der Waals surface area contributed by atoms with E-state index in [4.69, 9.17) is 11.6 Å². The Hall–Kier alpha value is -1.26. The van der Waals surface area contributed by atoms with Crippen LogP contribution in [0.2, 0.25) is 5.02 Å². The molecule has 1 aromatic carbocycles. The molecule has 1 saturated heterocycles. The van der Waals surface area contributed by atoms with Crippen molar-refractivity contribution in [1.29, 1.82) is 0 Å². The number of carbonyl (C=O) groups excluding carboxylic acids is 1. The number of anilines is 1. The molecule has 1 N–H and O–H groups in total. The monoisotopic (exact) mass is 403 g/mol. The summed E-state index contributed by atoms with van der Waals surface area (Å²) in [4.78, 5) is 17.6. The summed E-state index contributed by atoms with van der Waals surface area (Å²) in [5.74, 6) is 2.03. The predicted octanol–water partition coefficient (Wildman–Crippen LogP) is 4.18. The summed E-state index contributed by atoms with van der Waals surface area (Å²) in [5.41, 5.74) is 1.26. The van der Waals surface area contributed by atoms with Gasteiger partial charge in [-0.05, 0) is 68.2 Å². The highest BCUT2D eigenvalue weighted by Crippen LogP contribution is 2.40. The first-order valence-corrected chi connectivity index (χ1v) is 11.5. The van der Waals surface area contributed by atoms with Crippen molar-refractivity contribution in [1.82, 2.24) is 10.2 Å². The first-order chi connectivity index (χ1) is 13.6. The van der Waals surface area contributed by atoms with Crippen LogP contribution < -0.4 is 10.2 Å². The zero-order valence-corrected chi connectivity index (χ0v) is 17.8. The van der Waals surface area contributed by atoms with Gasteiger partial charge in [-0.15, -0.1) is 0 Å². The Bertz CT molecular complexity index is 648. The van der Waals surface area contributed by atoms with Crippen LogP contribution in [0.15, 0.2) is 24.3 Å². The van der Waals surface area contributed by atoms with Crippen molar-refractivity contribution in [2.24, 2.45) is 17.8 Å². The van der Waals surface area contributed by atoms with Crippen molar-refractivity contribution in [3.8, 4) is 0 Å². The first-order valence-electron chi connectivity index (χ1n) is 11.2. The molecular weight excluding hydrogens is 370 g/mol. The van der Waals surface area contributed by atoms with E-state index in [-0.39, 0.29) is 5.92 Å². The minimum atomic E-state index is 0.262. The van der Waals surface area contributed by atoms with Crippen molar-refractivity contribution in [3.63, 3.8) is 0 Å². The molecule has 0 unspecified atom stereocenters. The number of nitrogens with one attached hydrogen (secondary N) is 1. The highest BCUT2D eigenvalue weighted by atomic mass is 35.5. The van der Waals surface area contributed by atoms with Crippen molar-refractivity contribution in [2.75, 3.05) is 37.6 Å². The van der Waals surface area contributed by atoms with Gasteiger partial charge >= 0.3 is 0 Å². The van der Waals surface area contributed by atoms with Crippen LogP contribution in [0.3, 0.4) is 0 Å². The van der Waals surface area contributed by atoms with Gasteiger partial charge in [-0.3, -0.25) is 9.69 Å². The number of piperazine rings is 1. The maximum Gasteiger partial charge on any atom is 0.223 e. The van der Waals surface area contributed by atoms with Crippen LogP contribution in [0.4, 0.5) is 5.69 Å². The smallest absolute Gasteiger partial charge is 0.223 e. The molecule has 0 radical (unpaired) electrons. The lowest BCUT2D eigenvalue weighted by molar-refractivity contribution is -0.123. The Labute approximate surface area is 174 Å². The van der Waals surface area contributed by atoms with Gasteiger partial charge in [0.15, 0.2) is 0 Å². The number of carbonyl (C=O) groups is 1. The average molecular weight is 404 g/mol. The third-order valence-electron chi connectivity index (χ3n) is 7.09. The molecule has 4 rings (SSSR count). The van der Waals surface area contributed by atoms with E-state index in [1.807, 2.05) is 12.1 Å². The quantitative estimate of drug-likeness (QED) is 0.773. The fraction of sp³-hybridized carbons (Fsp3) is 0.696. The molecule has 1 amide bonds. The summed E-state index contributed by atoms with van der Waals surface area (Å²) in [5, 5.41) is 4.14. The van der Waals surface area contributed by atoms with Gasteiger partial charge in [0.1, 0.15) is 0 Å². The van der Waals surface area contributed by atoms with E-state index in [1.165, 1.54) is 37.8 Å². The standard InChI is InChI=1S/C23H34ClN3O/c1-2-17-3-7-20(8-4-17)25-23(28)22-15-18(22)16-26-11-13-27(14-12-26)21-9-5-19(24)6-10-21/h5-6,9-10,17-18,20,22H,2-4,7-8,11-16H2,1H3,(H,25,28)/t17?,18-,20?,22+/m0/s1. The molecular formula is C23H34ClN3O. The number of benzene rings is 1. The second-order valence-electron chi connectivity index (χ2n) is 9.00. The molecule has 1 heterocycles. The van der Waals surface area contributed by atoms with Crippen LogP contribution >= 0.6 is 11.6 Å². The molecule has 1 aliphatic heterocycles. The third-order valence-corrected chi connectivity index (χ3v) is 7.34. The molecule has 0 spiro atoms. The van der Waals surface area contributed by atoms with Crippen LogP contribution in [-0.4, -0.2) is 49.6 Å². The zero-order valence-electron chi connectivity index (χ0n) is 17.1. The molecule has 3 aliphatic rings. The summed E-state index contributed by atoms with van der Waals surface area (Å²) >= 11 is 5.99. The van der Waals surface area contributed by atoms with Crippen molar-refractivity contribution in [2.45, 2.75) is 51.5 Å². The van der Waals surface area contributed by atoms with Crippen LogP contribution in [0, 0.1) is 17.8 Å². The average Bonchev–Trinajstić information content (AvgIpc) is 3.49. The molecule has 1 aromatic rings. The van der Waals surface area contributed by atoms with Gasteiger partial charge in [-0.1, -0.05) is 24.9 Å². The number of hydrogen-bond donors (Lipinski definition) is 1. The number of nitrogens with zero attached hydrogens (tertiary/aromatic N) is 2. The summed E-state index contributed by atoms with van der Waals surface area (Å²) < 4.78 is 0. The van der Waals surface area contributed by atoms with Gasteiger partial charge in [-0.25, -0.2) is 0 Å². The molecule has 0 bridgehead atoms. The van der Waals surface area contributed by atoms with Gasteiger partial charge in [0.05, 0.1) is 0 Å². The predicted molar refractivity (Wildman–Crippen MR) is 116 cm³/mol. The summed E-state index contributed by atoms with van der Waals surface area (Å²) in [6.07, 6.45) is 7.29. The maximum absolute atomic E-state index is 12.6. The van der Waals surface area contributed by atoms with Crippen LogP contribution in [-0.2, 0) is 4.79 Å². The Morgan fingerprint density at radius 2 is 1.75 bits per heavy atom. The molecule has 2 aliphatic carbocycles. The number of amides is 1. The largest absolute Gasteiger partial charge is 0.369 e. The highest BCUT2D eigenvalue weighted by molar-refractivity contribution is 6.30. The number of halogens is 1. The normalized spacial score (nSPS) is 30.9. The van der Waals surface area contributed by atoms with Gasteiger partial charge in [-0.2, -0.15) is 0 Å². The zero-order chi connectivity index (χ0) is 19.5. The highest BCUT2D eigenvalue weighted by Gasteiger charge is 2.44. The Kier molecular flexibility index (Phi) is 6.47. The van der Waals surface area contributed by atoms with E-state index in [9.17, 15) is 4.79 Å². The second kappa shape index (κ2) is 9.04. The lowest BCUT2D eigenvalue weighted by atomic mass is 9.84. The molecule has 5 heteroatoms. The van der Waals surface area contributed by atoms with Gasteiger partial charge in [0.2, 0.25) is 5.91 Å². The third kappa shape index (κ3) is 5.01.